The van der Waals surface area contributed by atoms with Crippen LogP contribution in [0.1, 0.15) is 10.4 Å². The van der Waals surface area contributed by atoms with Crippen molar-refractivity contribution in [3.05, 3.63) is 28.2 Å². The zero-order valence-corrected chi connectivity index (χ0v) is 10.7. The summed E-state index contributed by atoms with van der Waals surface area (Å²) in [5, 5.41) is 20.5. The average Bonchev–Trinajstić information content (AvgIpc) is 2.28. The van der Waals surface area contributed by atoms with Gasteiger partial charge in [-0.05, 0) is 28.1 Å². The van der Waals surface area contributed by atoms with Crippen LogP contribution in [0.15, 0.2) is 22.7 Å². The molecule has 0 spiro atoms. The first-order valence-corrected chi connectivity index (χ1v) is 5.90. The van der Waals surface area contributed by atoms with Crippen LogP contribution in [0.5, 0.6) is 0 Å². The van der Waals surface area contributed by atoms with Gasteiger partial charge in [0.1, 0.15) is 0 Å². The fourth-order valence-corrected chi connectivity index (χ4v) is 1.85. The van der Waals surface area contributed by atoms with Gasteiger partial charge in [-0.1, -0.05) is 6.07 Å². The number of halogens is 1. The molecule has 1 aromatic rings. The van der Waals surface area contributed by atoms with Crippen molar-refractivity contribution in [2.45, 2.75) is 0 Å². The number of carboxylic acid groups (broad SMARTS) is 1. The van der Waals surface area contributed by atoms with E-state index in [0.717, 1.165) is 0 Å². The summed E-state index contributed by atoms with van der Waals surface area (Å²) in [5.41, 5.74) is 0.745. The fourth-order valence-electron chi connectivity index (χ4n) is 1.31. The molecular weight excluding hydrogens is 290 g/mol. The third kappa shape index (κ3) is 4.33. The first kappa shape index (κ1) is 14.0. The number of anilines is 1. The molecule has 17 heavy (non-hydrogen) atoms. The van der Waals surface area contributed by atoms with Crippen molar-refractivity contribution in [3.8, 4) is 0 Å². The predicted molar refractivity (Wildman–Crippen MR) is 67.5 cm³/mol. The Morgan fingerprint density at radius 1 is 1.41 bits per heavy atom. The number of ether oxygens (including phenoxy) is 1. The van der Waals surface area contributed by atoms with Crippen molar-refractivity contribution < 1.29 is 19.7 Å². The van der Waals surface area contributed by atoms with Crippen molar-refractivity contribution in [1.82, 2.24) is 0 Å². The highest BCUT2D eigenvalue weighted by Gasteiger charge is 2.13. The zero-order valence-electron chi connectivity index (χ0n) is 9.15. The van der Waals surface area contributed by atoms with E-state index in [1.807, 2.05) is 0 Å². The Kier molecular flexibility index (Phi) is 5.96. The van der Waals surface area contributed by atoms with Crippen LogP contribution in [0.25, 0.3) is 0 Å². The summed E-state index contributed by atoms with van der Waals surface area (Å²) < 4.78 is 5.60. The van der Waals surface area contributed by atoms with Gasteiger partial charge in [-0.3, -0.25) is 0 Å². The second-order valence-electron chi connectivity index (χ2n) is 3.23. The van der Waals surface area contributed by atoms with Crippen LogP contribution in [0.3, 0.4) is 0 Å². The van der Waals surface area contributed by atoms with Crippen LogP contribution in [-0.4, -0.2) is 42.5 Å². The van der Waals surface area contributed by atoms with E-state index in [1.54, 1.807) is 18.2 Å². The third-order valence-electron chi connectivity index (χ3n) is 2.02. The molecule has 0 aliphatic carbocycles. The van der Waals surface area contributed by atoms with Gasteiger partial charge in [0.05, 0.1) is 25.4 Å². The topological polar surface area (TPSA) is 78.8 Å². The summed E-state index contributed by atoms with van der Waals surface area (Å²) >= 11 is 3.20. The maximum absolute atomic E-state index is 11.0. The smallest absolute Gasteiger partial charge is 0.338 e. The highest BCUT2D eigenvalue weighted by Crippen LogP contribution is 2.24. The number of rotatable bonds is 7. The molecule has 0 aliphatic rings. The summed E-state index contributed by atoms with van der Waals surface area (Å²) in [5.74, 6) is -0.990. The number of aliphatic hydroxyl groups excluding tert-OH is 1. The molecule has 3 N–H and O–H groups in total. The van der Waals surface area contributed by atoms with Gasteiger partial charge >= 0.3 is 5.97 Å². The molecule has 0 amide bonds. The maximum atomic E-state index is 11.0. The lowest BCUT2D eigenvalue weighted by molar-refractivity contribution is 0.0696. The summed E-state index contributed by atoms with van der Waals surface area (Å²) in [6.07, 6.45) is 0. The number of hydrogen-bond donors (Lipinski definition) is 3. The molecule has 5 nitrogen and oxygen atoms in total. The highest BCUT2D eigenvalue weighted by molar-refractivity contribution is 9.10. The third-order valence-corrected chi connectivity index (χ3v) is 2.69. The van der Waals surface area contributed by atoms with E-state index < -0.39 is 5.97 Å². The molecular formula is C11H14BrNO4. The Hall–Kier alpha value is -1.11. The Morgan fingerprint density at radius 3 is 2.82 bits per heavy atom. The molecule has 0 saturated carbocycles. The van der Waals surface area contributed by atoms with Gasteiger partial charge in [0.2, 0.25) is 0 Å². The molecule has 0 heterocycles. The number of carbonyl (C=O) groups is 1. The molecule has 6 heteroatoms. The van der Waals surface area contributed by atoms with Crippen molar-refractivity contribution in [1.29, 1.82) is 0 Å². The molecule has 0 bridgehead atoms. The number of nitrogens with one attached hydrogen (secondary N) is 1. The van der Waals surface area contributed by atoms with Crippen molar-refractivity contribution >= 4 is 27.6 Å². The molecule has 1 rings (SSSR count). The lowest BCUT2D eigenvalue weighted by Gasteiger charge is -2.10. The monoisotopic (exact) mass is 303 g/mol. The van der Waals surface area contributed by atoms with E-state index in [9.17, 15) is 4.79 Å². The van der Waals surface area contributed by atoms with Crippen LogP contribution in [-0.2, 0) is 4.74 Å². The van der Waals surface area contributed by atoms with Crippen molar-refractivity contribution in [2.24, 2.45) is 0 Å². The Bertz CT molecular complexity index is 384. The van der Waals surface area contributed by atoms with Crippen LogP contribution in [0, 0.1) is 0 Å². The van der Waals surface area contributed by atoms with E-state index in [4.69, 9.17) is 14.9 Å². The maximum Gasteiger partial charge on any atom is 0.338 e. The molecule has 0 fully saturated rings. The Balaban J connectivity index is 2.58. The molecule has 0 radical (unpaired) electrons. The minimum Gasteiger partial charge on any atom is -0.478 e. The molecule has 94 valence electrons. The van der Waals surface area contributed by atoms with Gasteiger partial charge in [0.25, 0.3) is 0 Å². The van der Waals surface area contributed by atoms with Crippen LogP contribution < -0.4 is 5.32 Å². The van der Waals surface area contributed by atoms with Gasteiger partial charge in [0, 0.05) is 16.7 Å². The lowest BCUT2D eigenvalue weighted by atomic mass is 10.2. The van der Waals surface area contributed by atoms with Gasteiger partial charge in [-0.2, -0.15) is 0 Å². The number of carboxylic acids is 1. The minimum atomic E-state index is -0.990. The number of benzene rings is 1. The molecule has 0 aromatic heterocycles. The number of aromatic carboxylic acids is 1. The Labute approximate surface area is 108 Å². The Morgan fingerprint density at radius 2 is 2.18 bits per heavy atom. The van der Waals surface area contributed by atoms with E-state index in [-0.39, 0.29) is 18.8 Å². The van der Waals surface area contributed by atoms with E-state index >= 15 is 0 Å². The summed E-state index contributed by atoms with van der Waals surface area (Å²) in [6, 6.07) is 5.13. The second-order valence-corrected chi connectivity index (χ2v) is 4.08. The summed E-state index contributed by atoms with van der Waals surface area (Å²) in [4.78, 5) is 11.0. The van der Waals surface area contributed by atoms with Gasteiger partial charge in [-0.25, -0.2) is 4.79 Å². The average molecular weight is 304 g/mol. The zero-order chi connectivity index (χ0) is 12.7. The highest BCUT2D eigenvalue weighted by atomic mass is 79.9. The van der Waals surface area contributed by atoms with Crippen LogP contribution in [0.2, 0.25) is 0 Å². The number of aliphatic hydroxyl groups is 1. The SMILES string of the molecule is O=C(O)c1c(Br)cccc1NCCOCCO. The van der Waals surface area contributed by atoms with Crippen molar-refractivity contribution in [3.63, 3.8) is 0 Å². The summed E-state index contributed by atoms with van der Waals surface area (Å²) in [7, 11) is 0. The van der Waals surface area contributed by atoms with Gasteiger partial charge in [-0.15, -0.1) is 0 Å². The fraction of sp³-hybridized carbons (Fsp3) is 0.364. The van der Waals surface area contributed by atoms with Crippen molar-refractivity contribution in [2.75, 3.05) is 31.7 Å². The first-order chi connectivity index (χ1) is 8.16. The quantitative estimate of drug-likeness (QED) is 0.666. The van der Waals surface area contributed by atoms with Crippen LogP contribution >= 0.6 is 15.9 Å². The first-order valence-electron chi connectivity index (χ1n) is 5.11. The second kappa shape index (κ2) is 7.26. The molecule has 1 aromatic carbocycles. The molecule has 0 aliphatic heterocycles. The molecule has 0 unspecified atom stereocenters. The minimum absolute atomic E-state index is 0.0166. The summed E-state index contributed by atoms with van der Waals surface area (Å²) in [6.45, 7) is 1.16. The standard InChI is InChI=1S/C11H14BrNO4/c12-8-2-1-3-9(10(8)11(15)16)13-4-6-17-7-5-14/h1-3,13-14H,4-7H2,(H,15,16). The van der Waals surface area contributed by atoms with E-state index in [0.29, 0.717) is 23.3 Å². The molecule has 0 atom stereocenters. The predicted octanol–water partition coefficient (Wildman–Crippen LogP) is 1.57. The van der Waals surface area contributed by atoms with Gasteiger partial charge in [0.15, 0.2) is 0 Å². The molecule has 0 saturated heterocycles. The van der Waals surface area contributed by atoms with E-state index in [2.05, 4.69) is 21.2 Å². The van der Waals surface area contributed by atoms with E-state index in [1.165, 1.54) is 0 Å². The normalized spacial score (nSPS) is 10.2. The lowest BCUT2D eigenvalue weighted by Crippen LogP contribution is -2.13. The number of hydrogen-bond acceptors (Lipinski definition) is 4. The largest absolute Gasteiger partial charge is 0.478 e. The van der Waals surface area contributed by atoms with Gasteiger partial charge < -0.3 is 20.3 Å². The van der Waals surface area contributed by atoms with Crippen LogP contribution in [0.4, 0.5) is 5.69 Å².